The van der Waals surface area contributed by atoms with Crippen molar-refractivity contribution in [2.24, 2.45) is 0 Å². The predicted molar refractivity (Wildman–Crippen MR) is 70.3 cm³/mol. The summed E-state index contributed by atoms with van der Waals surface area (Å²) < 4.78 is 5.38. The second-order valence-corrected chi connectivity index (χ2v) is 4.16. The minimum Gasteiger partial charge on any atom is -0.467 e. The molecule has 18 heavy (non-hydrogen) atoms. The van der Waals surface area contributed by atoms with Gasteiger partial charge in [0, 0.05) is 5.39 Å². The Bertz CT molecular complexity index is 644. The molecular weight excluding hydrogens is 226 g/mol. The van der Waals surface area contributed by atoms with Gasteiger partial charge in [-0.25, -0.2) is 0 Å². The van der Waals surface area contributed by atoms with Gasteiger partial charge >= 0.3 is 0 Å². The Morgan fingerprint density at radius 2 is 2.06 bits per heavy atom. The molecule has 0 radical (unpaired) electrons. The Kier molecular flexibility index (Phi) is 2.68. The summed E-state index contributed by atoms with van der Waals surface area (Å²) in [7, 11) is 0. The third kappa shape index (κ3) is 1.93. The molecule has 0 fully saturated rings. The van der Waals surface area contributed by atoms with Crippen molar-refractivity contribution in [1.82, 2.24) is 10.2 Å². The summed E-state index contributed by atoms with van der Waals surface area (Å²) in [5.41, 5.74) is 1.85. The first kappa shape index (κ1) is 10.8. The number of furan rings is 1. The van der Waals surface area contributed by atoms with Crippen molar-refractivity contribution in [3.05, 3.63) is 54.6 Å². The van der Waals surface area contributed by atoms with E-state index in [1.54, 1.807) is 12.5 Å². The molecule has 2 heterocycles. The molecule has 0 aliphatic carbocycles. The van der Waals surface area contributed by atoms with Crippen LogP contribution in [-0.4, -0.2) is 10.2 Å². The lowest BCUT2D eigenvalue weighted by atomic mass is 10.2. The molecule has 0 aliphatic heterocycles. The minimum absolute atomic E-state index is 0.0904. The molecule has 90 valence electrons. The maximum absolute atomic E-state index is 5.38. The molecule has 0 spiro atoms. The lowest BCUT2D eigenvalue weighted by Gasteiger charge is -2.13. The molecule has 1 N–H and O–H groups in total. The minimum atomic E-state index is 0.0904. The van der Waals surface area contributed by atoms with Gasteiger partial charge in [0.1, 0.15) is 5.76 Å². The number of aromatic nitrogens is 2. The topological polar surface area (TPSA) is 51.0 Å². The van der Waals surface area contributed by atoms with E-state index < -0.39 is 0 Å². The zero-order valence-corrected chi connectivity index (χ0v) is 10.00. The summed E-state index contributed by atoms with van der Waals surface area (Å²) in [6.07, 6.45) is 3.41. The Hall–Kier alpha value is -2.36. The normalized spacial score (nSPS) is 12.5. The monoisotopic (exact) mass is 239 g/mol. The summed E-state index contributed by atoms with van der Waals surface area (Å²) in [4.78, 5) is 0. The van der Waals surface area contributed by atoms with Crippen molar-refractivity contribution in [2.45, 2.75) is 13.0 Å². The average Bonchev–Trinajstić information content (AvgIpc) is 2.93. The Morgan fingerprint density at radius 3 is 2.89 bits per heavy atom. The first-order chi connectivity index (χ1) is 8.84. The molecule has 2 aromatic heterocycles. The van der Waals surface area contributed by atoms with Crippen LogP contribution in [-0.2, 0) is 0 Å². The van der Waals surface area contributed by atoms with Gasteiger partial charge in [-0.2, -0.15) is 10.2 Å². The SMILES string of the molecule is CC(Nc1cnnc2ccccc12)c1ccco1. The van der Waals surface area contributed by atoms with Crippen molar-refractivity contribution in [2.75, 3.05) is 5.32 Å². The third-order valence-electron chi connectivity index (χ3n) is 2.89. The van der Waals surface area contributed by atoms with Crippen molar-refractivity contribution in [3.8, 4) is 0 Å². The van der Waals surface area contributed by atoms with E-state index in [1.807, 2.05) is 43.3 Å². The highest BCUT2D eigenvalue weighted by Gasteiger charge is 2.10. The van der Waals surface area contributed by atoms with Gasteiger partial charge in [0.15, 0.2) is 0 Å². The van der Waals surface area contributed by atoms with Crippen LogP contribution in [0.5, 0.6) is 0 Å². The quantitative estimate of drug-likeness (QED) is 0.761. The van der Waals surface area contributed by atoms with Crippen LogP contribution in [0.15, 0.2) is 53.3 Å². The van der Waals surface area contributed by atoms with E-state index in [2.05, 4.69) is 15.5 Å². The third-order valence-corrected chi connectivity index (χ3v) is 2.89. The molecule has 3 rings (SSSR count). The van der Waals surface area contributed by atoms with Gasteiger partial charge < -0.3 is 9.73 Å². The van der Waals surface area contributed by atoms with Gasteiger partial charge in [-0.1, -0.05) is 18.2 Å². The summed E-state index contributed by atoms with van der Waals surface area (Å²) in [5, 5.41) is 12.6. The van der Waals surface area contributed by atoms with Crippen molar-refractivity contribution in [1.29, 1.82) is 0 Å². The van der Waals surface area contributed by atoms with Crippen LogP contribution < -0.4 is 5.32 Å². The summed E-state index contributed by atoms with van der Waals surface area (Å²) >= 11 is 0. The van der Waals surface area contributed by atoms with Gasteiger partial charge in [-0.05, 0) is 25.1 Å². The van der Waals surface area contributed by atoms with Crippen LogP contribution in [0.25, 0.3) is 10.9 Å². The Balaban J connectivity index is 1.95. The summed E-state index contributed by atoms with van der Waals surface area (Å²) in [6, 6.07) is 11.9. The number of hydrogen-bond acceptors (Lipinski definition) is 4. The van der Waals surface area contributed by atoms with E-state index in [0.717, 1.165) is 22.4 Å². The van der Waals surface area contributed by atoms with Crippen LogP contribution >= 0.6 is 0 Å². The summed E-state index contributed by atoms with van der Waals surface area (Å²) in [5.74, 6) is 0.899. The zero-order valence-electron chi connectivity index (χ0n) is 10.00. The maximum atomic E-state index is 5.38. The second-order valence-electron chi connectivity index (χ2n) is 4.16. The van der Waals surface area contributed by atoms with E-state index in [1.165, 1.54) is 0 Å². The van der Waals surface area contributed by atoms with E-state index in [9.17, 15) is 0 Å². The van der Waals surface area contributed by atoms with E-state index in [-0.39, 0.29) is 6.04 Å². The number of benzene rings is 1. The van der Waals surface area contributed by atoms with E-state index in [4.69, 9.17) is 4.42 Å². The highest BCUT2D eigenvalue weighted by Crippen LogP contribution is 2.24. The number of nitrogens with one attached hydrogen (secondary N) is 1. The van der Waals surface area contributed by atoms with E-state index >= 15 is 0 Å². The second kappa shape index (κ2) is 4.49. The molecule has 0 amide bonds. The fourth-order valence-electron chi connectivity index (χ4n) is 1.96. The lowest BCUT2D eigenvalue weighted by molar-refractivity contribution is 0.490. The number of fused-ring (bicyclic) bond motifs is 1. The molecule has 0 saturated heterocycles. The lowest BCUT2D eigenvalue weighted by Crippen LogP contribution is -2.06. The van der Waals surface area contributed by atoms with Crippen molar-refractivity contribution < 1.29 is 4.42 Å². The highest BCUT2D eigenvalue weighted by molar-refractivity contribution is 5.90. The highest BCUT2D eigenvalue weighted by atomic mass is 16.3. The summed E-state index contributed by atoms with van der Waals surface area (Å²) in [6.45, 7) is 2.05. The largest absolute Gasteiger partial charge is 0.467 e. The number of rotatable bonds is 3. The molecule has 0 aliphatic rings. The molecule has 1 atom stereocenters. The number of hydrogen-bond donors (Lipinski definition) is 1. The molecule has 3 aromatic rings. The van der Waals surface area contributed by atoms with Crippen molar-refractivity contribution in [3.63, 3.8) is 0 Å². The fourth-order valence-corrected chi connectivity index (χ4v) is 1.96. The average molecular weight is 239 g/mol. The van der Waals surface area contributed by atoms with Gasteiger partial charge in [0.05, 0.1) is 29.7 Å². The Morgan fingerprint density at radius 1 is 1.17 bits per heavy atom. The Labute approximate surface area is 105 Å². The smallest absolute Gasteiger partial charge is 0.125 e. The van der Waals surface area contributed by atoms with Crippen LogP contribution in [0.2, 0.25) is 0 Å². The van der Waals surface area contributed by atoms with Gasteiger partial charge in [0.2, 0.25) is 0 Å². The molecule has 0 bridgehead atoms. The zero-order chi connectivity index (χ0) is 12.4. The first-order valence-electron chi connectivity index (χ1n) is 5.85. The number of nitrogens with zero attached hydrogens (tertiary/aromatic N) is 2. The van der Waals surface area contributed by atoms with Gasteiger partial charge in [-0.15, -0.1) is 0 Å². The molecule has 1 aromatic carbocycles. The van der Waals surface area contributed by atoms with Crippen LogP contribution in [0.4, 0.5) is 5.69 Å². The maximum Gasteiger partial charge on any atom is 0.125 e. The predicted octanol–water partition coefficient (Wildman–Crippen LogP) is 3.40. The molecule has 1 unspecified atom stereocenters. The number of anilines is 1. The molecular formula is C14H13N3O. The van der Waals surface area contributed by atoms with Gasteiger partial charge in [-0.3, -0.25) is 0 Å². The fraction of sp³-hybridized carbons (Fsp3) is 0.143. The first-order valence-corrected chi connectivity index (χ1v) is 5.85. The van der Waals surface area contributed by atoms with E-state index in [0.29, 0.717) is 0 Å². The molecule has 4 heteroatoms. The standard InChI is InChI=1S/C14H13N3O/c1-10(14-7-4-8-18-14)16-13-9-15-17-12-6-3-2-5-11(12)13/h2-10H,1H3,(H,16,17). The van der Waals surface area contributed by atoms with Crippen LogP contribution in [0.3, 0.4) is 0 Å². The van der Waals surface area contributed by atoms with Crippen LogP contribution in [0.1, 0.15) is 18.7 Å². The molecule has 0 saturated carbocycles. The van der Waals surface area contributed by atoms with Gasteiger partial charge in [0.25, 0.3) is 0 Å². The molecule has 4 nitrogen and oxygen atoms in total. The van der Waals surface area contributed by atoms with Crippen LogP contribution in [0, 0.1) is 0 Å². The van der Waals surface area contributed by atoms with Crippen molar-refractivity contribution >= 4 is 16.6 Å².